The SMILES string of the molecule is COc1ccc(C(C)N2CCN(C(=O)CC[C@H](NC(=O)OCc3ccccc3)C(=O)O)CC2)cc1. The maximum absolute atomic E-state index is 12.7. The number of aliphatic carboxylic acids is 1. The average molecular weight is 484 g/mol. The van der Waals surface area contributed by atoms with E-state index in [4.69, 9.17) is 9.47 Å². The van der Waals surface area contributed by atoms with E-state index in [9.17, 15) is 19.5 Å². The number of carboxylic acid groups (broad SMARTS) is 1. The molecule has 0 saturated carbocycles. The van der Waals surface area contributed by atoms with Crippen LogP contribution in [0.3, 0.4) is 0 Å². The van der Waals surface area contributed by atoms with Gasteiger partial charge >= 0.3 is 12.1 Å². The van der Waals surface area contributed by atoms with Crippen LogP contribution in [0.5, 0.6) is 5.75 Å². The van der Waals surface area contributed by atoms with Crippen molar-refractivity contribution in [1.29, 1.82) is 0 Å². The normalized spacial score (nSPS) is 15.7. The van der Waals surface area contributed by atoms with Crippen molar-refractivity contribution in [2.45, 2.75) is 38.5 Å². The Balaban J connectivity index is 1.42. The molecule has 1 aliphatic heterocycles. The molecule has 9 heteroatoms. The standard InChI is InChI=1S/C26H33N3O6/c1-19(21-8-10-22(34-2)11-9-21)28-14-16-29(17-15-28)24(30)13-12-23(25(31)32)27-26(33)35-18-20-6-4-3-5-7-20/h3-11,19,23H,12-18H2,1-2H3,(H,27,33)(H,31,32)/t19?,23-/m0/s1. The number of carbonyl (C=O) groups is 3. The maximum Gasteiger partial charge on any atom is 0.408 e. The van der Waals surface area contributed by atoms with Crippen LogP contribution in [0.25, 0.3) is 0 Å². The monoisotopic (exact) mass is 483 g/mol. The van der Waals surface area contributed by atoms with Crippen molar-refractivity contribution in [3.05, 3.63) is 65.7 Å². The molecule has 2 N–H and O–H groups in total. The fraction of sp³-hybridized carbons (Fsp3) is 0.423. The fourth-order valence-electron chi connectivity index (χ4n) is 4.04. The van der Waals surface area contributed by atoms with Crippen LogP contribution in [0.2, 0.25) is 0 Å². The molecule has 1 saturated heterocycles. The van der Waals surface area contributed by atoms with Crippen molar-refractivity contribution in [2.75, 3.05) is 33.3 Å². The first-order chi connectivity index (χ1) is 16.9. The van der Waals surface area contributed by atoms with E-state index < -0.39 is 18.1 Å². The zero-order valence-corrected chi connectivity index (χ0v) is 20.2. The first-order valence-electron chi connectivity index (χ1n) is 11.7. The van der Waals surface area contributed by atoms with Gasteiger partial charge in [0.2, 0.25) is 5.91 Å². The number of carbonyl (C=O) groups excluding carboxylic acids is 2. The Morgan fingerprint density at radius 1 is 1.00 bits per heavy atom. The van der Waals surface area contributed by atoms with E-state index in [0.29, 0.717) is 13.1 Å². The number of carboxylic acids is 1. The highest BCUT2D eigenvalue weighted by molar-refractivity contribution is 5.81. The van der Waals surface area contributed by atoms with Gasteiger partial charge in [-0.05, 0) is 36.6 Å². The zero-order valence-electron chi connectivity index (χ0n) is 20.2. The van der Waals surface area contributed by atoms with Gasteiger partial charge in [-0.3, -0.25) is 9.69 Å². The van der Waals surface area contributed by atoms with Crippen LogP contribution in [-0.2, 0) is 20.9 Å². The van der Waals surface area contributed by atoms with Crippen LogP contribution >= 0.6 is 0 Å². The number of hydrogen-bond donors (Lipinski definition) is 2. The van der Waals surface area contributed by atoms with Gasteiger partial charge < -0.3 is 24.8 Å². The minimum absolute atomic E-state index is 0.00291. The minimum Gasteiger partial charge on any atom is -0.497 e. The molecule has 188 valence electrons. The molecule has 0 aliphatic carbocycles. The fourth-order valence-corrected chi connectivity index (χ4v) is 4.04. The average Bonchev–Trinajstić information content (AvgIpc) is 2.89. The highest BCUT2D eigenvalue weighted by Crippen LogP contribution is 2.24. The molecule has 2 aromatic carbocycles. The molecule has 2 aromatic rings. The van der Waals surface area contributed by atoms with E-state index in [1.54, 1.807) is 24.1 Å². The third kappa shape index (κ3) is 7.71. The molecule has 2 amide bonds. The smallest absolute Gasteiger partial charge is 0.408 e. The molecular weight excluding hydrogens is 450 g/mol. The summed E-state index contributed by atoms with van der Waals surface area (Å²) in [7, 11) is 1.64. The maximum atomic E-state index is 12.7. The Labute approximate surface area is 205 Å². The van der Waals surface area contributed by atoms with Crippen LogP contribution in [0.1, 0.15) is 36.9 Å². The third-order valence-electron chi connectivity index (χ3n) is 6.26. The van der Waals surface area contributed by atoms with Crippen LogP contribution < -0.4 is 10.1 Å². The number of nitrogens with one attached hydrogen (secondary N) is 1. The predicted octanol–water partition coefficient (Wildman–Crippen LogP) is 3.06. The predicted molar refractivity (Wildman–Crippen MR) is 130 cm³/mol. The highest BCUT2D eigenvalue weighted by atomic mass is 16.5. The van der Waals surface area contributed by atoms with Gasteiger partial charge in [-0.15, -0.1) is 0 Å². The summed E-state index contributed by atoms with van der Waals surface area (Å²) in [5, 5.41) is 11.8. The van der Waals surface area contributed by atoms with Crippen LogP contribution in [0, 0.1) is 0 Å². The first-order valence-corrected chi connectivity index (χ1v) is 11.7. The van der Waals surface area contributed by atoms with E-state index in [1.165, 1.54) is 5.56 Å². The van der Waals surface area contributed by atoms with E-state index >= 15 is 0 Å². The second-order valence-corrected chi connectivity index (χ2v) is 8.50. The number of ether oxygens (including phenoxy) is 2. The minimum atomic E-state index is -1.20. The molecule has 1 fully saturated rings. The number of rotatable bonds is 10. The van der Waals surface area contributed by atoms with Crippen LogP contribution in [0.4, 0.5) is 4.79 Å². The molecule has 1 aliphatic rings. The van der Waals surface area contributed by atoms with Gasteiger partial charge in [-0.2, -0.15) is 0 Å². The summed E-state index contributed by atoms with van der Waals surface area (Å²) in [6, 6.07) is 16.1. The Bertz CT molecular complexity index is 974. The van der Waals surface area contributed by atoms with E-state index in [-0.39, 0.29) is 31.4 Å². The topological polar surface area (TPSA) is 108 Å². The summed E-state index contributed by atoms with van der Waals surface area (Å²) in [4.78, 5) is 40.4. The molecule has 2 atom stereocenters. The molecule has 1 unspecified atom stereocenters. The summed E-state index contributed by atoms with van der Waals surface area (Å²) in [5.41, 5.74) is 1.98. The van der Waals surface area contributed by atoms with Crippen molar-refractivity contribution in [3.63, 3.8) is 0 Å². The van der Waals surface area contributed by atoms with E-state index in [1.807, 2.05) is 42.5 Å². The number of nitrogens with zero attached hydrogens (tertiary/aromatic N) is 2. The third-order valence-corrected chi connectivity index (χ3v) is 6.26. The second kappa shape index (κ2) is 12.8. The Kier molecular flexibility index (Phi) is 9.48. The Morgan fingerprint density at radius 2 is 1.66 bits per heavy atom. The second-order valence-electron chi connectivity index (χ2n) is 8.50. The number of benzene rings is 2. The highest BCUT2D eigenvalue weighted by Gasteiger charge is 2.27. The van der Waals surface area contributed by atoms with Gasteiger partial charge in [0.1, 0.15) is 18.4 Å². The molecule has 9 nitrogen and oxygen atoms in total. The largest absolute Gasteiger partial charge is 0.497 e. The molecule has 0 radical (unpaired) electrons. The quantitative estimate of drug-likeness (QED) is 0.535. The van der Waals surface area contributed by atoms with Gasteiger partial charge in [0.25, 0.3) is 0 Å². The van der Waals surface area contributed by atoms with Gasteiger partial charge in [-0.25, -0.2) is 9.59 Å². The number of hydrogen-bond acceptors (Lipinski definition) is 6. The summed E-state index contributed by atoms with van der Waals surface area (Å²) >= 11 is 0. The lowest BCUT2D eigenvalue weighted by Crippen LogP contribution is -2.49. The lowest BCUT2D eigenvalue weighted by Gasteiger charge is -2.38. The van der Waals surface area contributed by atoms with Crippen LogP contribution in [-0.4, -0.2) is 72.2 Å². The van der Waals surface area contributed by atoms with Crippen molar-refractivity contribution in [2.24, 2.45) is 0 Å². The summed E-state index contributed by atoms with van der Waals surface area (Å²) < 4.78 is 10.3. The van der Waals surface area contributed by atoms with Gasteiger partial charge in [0, 0.05) is 38.6 Å². The van der Waals surface area contributed by atoms with Crippen molar-refractivity contribution in [1.82, 2.24) is 15.1 Å². The van der Waals surface area contributed by atoms with Crippen molar-refractivity contribution >= 4 is 18.0 Å². The molecule has 3 rings (SSSR count). The molecule has 35 heavy (non-hydrogen) atoms. The number of piperazine rings is 1. The molecular formula is C26H33N3O6. The summed E-state index contributed by atoms with van der Waals surface area (Å²) in [5.74, 6) is -0.505. The number of amides is 2. The first kappa shape index (κ1) is 26.0. The Hall–Kier alpha value is -3.59. The summed E-state index contributed by atoms with van der Waals surface area (Å²) in [6.07, 6.45) is -0.795. The van der Waals surface area contributed by atoms with E-state index in [2.05, 4.69) is 17.1 Å². The number of alkyl carbamates (subject to hydrolysis) is 1. The Morgan fingerprint density at radius 3 is 2.26 bits per heavy atom. The van der Waals surface area contributed by atoms with Gasteiger partial charge in [0.05, 0.1) is 7.11 Å². The van der Waals surface area contributed by atoms with Gasteiger partial charge in [0.15, 0.2) is 0 Å². The lowest BCUT2D eigenvalue weighted by molar-refractivity contribution is -0.140. The molecule has 0 aromatic heterocycles. The molecule has 0 spiro atoms. The summed E-state index contributed by atoms with van der Waals surface area (Å²) in [6.45, 7) is 4.78. The van der Waals surface area contributed by atoms with Crippen molar-refractivity contribution in [3.8, 4) is 5.75 Å². The van der Waals surface area contributed by atoms with Crippen molar-refractivity contribution < 1.29 is 29.0 Å². The zero-order chi connectivity index (χ0) is 25.2. The van der Waals surface area contributed by atoms with Crippen LogP contribution in [0.15, 0.2) is 54.6 Å². The number of methoxy groups -OCH3 is 1. The van der Waals surface area contributed by atoms with E-state index in [0.717, 1.165) is 24.4 Å². The molecule has 0 bridgehead atoms. The lowest BCUT2D eigenvalue weighted by atomic mass is 10.1. The van der Waals surface area contributed by atoms with Gasteiger partial charge in [-0.1, -0.05) is 42.5 Å². The molecule has 1 heterocycles.